The summed E-state index contributed by atoms with van der Waals surface area (Å²) in [7, 11) is 0. The van der Waals surface area contributed by atoms with E-state index in [4.69, 9.17) is 9.26 Å². The van der Waals surface area contributed by atoms with Gasteiger partial charge in [-0.2, -0.15) is 18.2 Å². The number of hydrogen-bond acceptors (Lipinski definition) is 6. The van der Waals surface area contributed by atoms with Crippen molar-refractivity contribution in [3.63, 3.8) is 0 Å². The van der Waals surface area contributed by atoms with Crippen LogP contribution < -0.4 is 4.74 Å². The van der Waals surface area contributed by atoms with E-state index in [0.717, 1.165) is 12.1 Å². The number of piperazine rings is 1. The van der Waals surface area contributed by atoms with Crippen LogP contribution in [-0.4, -0.2) is 58.1 Å². The molecule has 1 aromatic heterocycles. The number of rotatable bonds is 6. The van der Waals surface area contributed by atoms with Gasteiger partial charge >= 0.3 is 6.18 Å². The number of carbonyl (C=O) groups is 1. The lowest BCUT2D eigenvalue weighted by Gasteiger charge is -2.35. The van der Waals surface area contributed by atoms with Crippen molar-refractivity contribution in [2.24, 2.45) is 0 Å². The predicted octanol–water partition coefficient (Wildman–Crippen LogP) is 3.87. The highest BCUT2D eigenvalue weighted by atomic mass is 19.4. The van der Waals surface area contributed by atoms with Gasteiger partial charge in [0.25, 0.3) is 5.91 Å². The van der Waals surface area contributed by atoms with Crippen molar-refractivity contribution in [1.29, 1.82) is 0 Å². The Morgan fingerprint density at radius 2 is 1.82 bits per heavy atom. The van der Waals surface area contributed by atoms with Crippen LogP contribution in [0.25, 0.3) is 11.4 Å². The number of ether oxygens (including phenoxy) is 1. The average molecular weight is 460 g/mol. The minimum atomic E-state index is -4.44. The van der Waals surface area contributed by atoms with E-state index in [1.807, 2.05) is 18.2 Å². The van der Waals surface area contributed by atoms with Gasteiger partial charge in [0.15, 0.2) is 6.10 Å². The Morgan fingerprint density at radius 3 is 2.52 bits per heavy atom. The molecular weight excluding hydrogens is 437 g/mol. The normalized spacial score (nSPS) is 15.9. The van der Waals surface area contributed by atoms with Gasteiger partial charge in [0, 0.05) is 31.7 Å². The Balaban J connectivity index is 1.30. The maximum absolute atomic E-state index is 12.9. The molecule has 0 aliphatic carbocycles. The van der Waals surface area contributed by atoms with Crippen LogP contribution in [0.4, 0.5) is 13.2 Å². The van der Waals surface area contributed by atoms with Gasteiger partial charge in [0.05, 0.1) is 12.1 Å². The van der Waals surface area contributed by atoms with Crippen LogP contribution in [0.15, 0.2) is 59.1 Å². The first-order chi connectivity index (χ1) is 15.8. The first-order valence-electron chi connectivity index (χ1n) is 10.5. The third-order valence-electron chi connectivity index (χ3n) is 5.36. The number of halogens is 3. The summed E-state index contributed by atoms with van der Waals surface area (Å²) in [6.45, 7) is 4.33. The summed E-state index contributed by atoms with van der Waals surface area (Å²) in [5, 5.41) is 3.82. The van der Waals surface area contributed by atoms with Gasteiger partial charge < -0.3 is 14.2 Å². The molecular formula is C23H23F3N4O3. The zero-order valence-electron chi connectivity index (χ0n) is 18.0. The summed E-state index contributed by atoms with van der Waals surface area (Å²) in [4.78, 5) is 20.7. The summed E-state index contributed by atoms with van der Waals surface area (Å²) in [5.74, 6) is 0.979. The molecule has 1 aliphatic heterocycles. The molecule has 7 nitrogen and oxygen atoms in total. The molecule has 1 fully saturated rings. The van der Waals surface area contributed by atoms with E-state index in [1.54, 1.807) is 24.0 Å². The van der Waals surface area contributed by atoms with Crippen molar-refractivity contribution >= 4 is 5.91 Å². The molecule has 2 aromatic carbocycles. The first kappa shape index (κ1) is 22.8. The van der Waals surface area contributed by atoms with Crippen LogP contribution in [0.3, 0.4) is 0 Å². The zero-order chi connectivity index (χ0) is 23.4. The SMILES string of the molecule is CC(Oc1ccccc1)C(=O)N1CCN(Cc2nc(-c3cccc(C(F)(F)F)c3)no2)CC1. The molecule has 0 N–H and O–H groups in total. The fourth-order valence-corrected chi connectivity index (χ4v) is 3.60. The number of alkyl halides is 3. The molecule has 1 amide bonds. The molecule has 0 bridgehead atoms. The Kier molecular flexibility index (Phi) is 6.64. The number of aromatic nitrogens is 2. The lowest BCUT2D eigenvalue weighted by atomic mass is 10.1. The van der Waals surface area contributed by atoms with Crippen LogP contribution in [0.5, 0.6) is 5.75 Å². The number of carbonyl (C=O) groups excluding carboxylic acids is 1. The lowest BCUT2D eigenvalue weighted by molar-refractivity contribution is -0.140. The van der Waals surface area contributed by atoms with E-state index in [0.29, 0.717) is 44.4 Å². The van der Waals surface area contributed by atoms with E-state index in [2.05, 4.69) is 15.0 Å². The second kappa shape index (κ2) is 9.62. The lowest BCUT2D eigenvalue weighted by Crippen LogP contribution is -2.51. The zero-order valence-corrected chi connectivity index (χ0v) is 18.0. The van der Waals surface area contributed by atoms with Crippen molar-refractivity contribution in [3.05, 3.63) is 66.1 Å². The van der Waals surface area contributed by atoms with E-state index in [1.165, 1.54) is 12.1 Å². The molecule has 3 aromatic rings. The van der Waals surface area contributed by atoms with Crippen LogP contribution in [0.1, 0.15) is 18.4 Å². The van der Waals surface area contributed by atoms with Gasteiger partial charge in [0.1, 0.15) is 5.75 Å². The first-order valence-corrected chi connectivity index (χ1v) is 10.5. The maximum atomic E-state index is 12.9. The maximum Gasteiger partial charge on any atom is 0.416 e. The van der Waals surface area contributed by atoms with Gasteiger partial charge in [-0.15, -0.1) is 0 Å². The Hall–Kier alpha value is -3.40. The molecule has 0 radical (unpaired) electrons. The van der Waals surface area contributed by atoms with Crippen LogP contribution in [-0.2, 0) is 17.5 Å². The highest BCUT2D eigenvalue weighted by molar-refractivity contribution is 5.81. The number of nitrogens with zero attached hydrogens (tertiary/aromatic N) is 4. The van der Waals surface area contributed by atoms with Crippen LogP contribution in [0, 0.1) is 0 Å². The minimum absolute atomic E-state index is 0.0804. The third-order valence-corrected chi connectivity index (χ3v) is 5.36. The molecule has 0 spiro atoms. The molecule has 2 heterocycles. The number of hydrogen-bond donors (Lipinski definition) is 0. The van der Waals surface area contributed by atoms with E-state index < -0.39 is 17.8 Å². The Morgan fingerprint density at radius 1 is 1.09 bits per heavy atom. The van der Waals surface area contributed by atoms with E-state index >= 15 is 0 Å². The standard InChI is InChI=1S/C23H23F3N4O3/c1-16(32-19-8-3-2-4-9-19)22(31)30-12-10-29(11-13-30)15-20-27-21(28-33-20)17-6-5-7-18(14-17)23(24,25)26/h2-9,14,16H,10-13,15H2,1H3. The fraction of sp³-hybridized carbons (Fsp3) is 0.348. The summed E-state index contributed by atoms with van der Waals surface area (Å²) in [5.41, 5.74) is -0.528. The number of benzene rings is 2. The average Bonchev–Trinajstić information content (AvgIpc) is 3.28. The van der Waals surface area contributed by atoms with Crippen molar-refractivity contribution in [2.45, 2.75) is 25.7 Å². The molecule has 174 valence electrons. The smallest absolute Gasteiger partial charge is 0.416 e. The molecule has 1 unspecified atom stereocenters. The Labute approximate surface area is 188 Å². The largest absolute Gasteiger partial charge is 0.481 e. The molecule has 4 rings (SSSR count). The predicted molar refractivity (Wildman–Crippen MR) is 113 cm³/mol. The molecule has 0 saturated carbocycles. The molecule has 1 saturated heterocycles. The summed E-state index contributed by atoms with van der Waals surface area (Å²) in [6.07, 6.45) is -5.03. The second-order valence-corrected chi connectivity index (χ2v) is 7.76. The monoisotopic (exact) mass is 460 g/mol. The van der Waals surface area contributed by atoms with Gasteiger partial charge in [-0.3, -0.25) is 9.69 Å². The minimum Gasteiger partial charge on any atom is -0.481 e. The van der Waals surface area contributed by atoms with Gasteiger partial charge in [-0.25, -0.2) is 0 Å². The summed E-state index contributed by atoms with van der Waals surface area (Å²) in [6, 6.07) is 14.0. The van der Waals surface area contributed by atoms with Crippen molar-refractivity contribution in [3.8, 4) is 17.1 Å². The molecule has 10 heteroatoms. The molecule has 33 heavy (non-hydrogen) atoms. The van der Waals surface area contributed by atoms with Crippen LogP contribution in [0.2, 0.25) is 0 Å². The highest BCUT2D eigenvalue weighted by Crippen LogP contribution is 2.31. The highest BCUT2D eigenvalue weighted by Gasteiger charge is 2.31. The second-order valence-electron chi connectivity index (χ2n) is 7.76. The Bertz CT molecular complexity index is 1080. The van der Waals surface area contributed by atoms with Crippen molar-refractivity contribution < 1.29 is 27.2 Å². The topological polar surface area (TPSA) is 71.7 Å². The number of para-hydroxylation sites is 1. The summed E-state index contributed by atoms with van der Waals surface area (Å²) < 4.78 is 49.8. The van der Waals surface area contributed by atoms with Gasteiger partial charge in [-0.05, 0) is 31.2 Å². The summed E-state index contributed by atoms with van der Waals surface area (Å²) >= 11 is 0. The van der Waals surface area contributed by atoms with E-state index in [-0.39, 0.29) is 17.3 Å². The van der Waals surface area contributed by atoms with Crippen LogP contribution >= 0.6 is 0 Å². The fourth-order valence-electron chi connectivity index (χ4n) is 3.60. The third kappa shape index (κ3) is 5.70. The quantitative estimate of drug-likeness (QED) is 0.556. The molecule has 1 atom stereocenters. The van der Waals surface area contributed by atoms with Gasteiger partial charge in [0.2, 0.25) is 11.7 Å². The van der Waals surface area contributed by atoms with Gasteiger partial charge in [-0.1, -0.05) is 35.5 Å². The van der Waals surface area contributed by atoms with E-state index in [9.17, 15) is 18.0 Å². The van der Waals surface area contributed by atoms with Crippen molar-refractivity contribution in [1.82, 2.24) is 19.9 Å². The number of amides is 1. The van der Waals surface area contributed by atoms with Crippen molar-refractivity contribution in [2.75, 3.05) is 26.2 Å². The molecule has 1 aliphatic rings.